The number of anilines is 3. The van der Waals surface area contributed by atoms with Crippen LogP contribution in [0.15, 0.2) is 72.8 Å². The van der Waals surface area contributed by atoms with Crippen molar-refractivity contribution in [1.82, 2.24) is 0 Å². The molecule has 0 unspecified atom stereocenters. The van der Waals surface area contributed by atoms with Crippen LogP contribution in [-0.4, -0.2) is 24.3 Å². The van der Waals surface area contributed by atoms with Gasteiger partial charge >= 0.3 is 6.09 Å². The van der Waals surface area contributed by atoms with Gasteiger partial charge in [0.2, 0.25) is 0 Å². The third-order valence-electron chi connectivity index (χ3n) is 6.06. The van der Waals surface area contributed by atoms with Crippen molar-refractivity contribution >= 4 is 23.2 Å². The molecule has 0 saturated carbocycles. The first-order chi connectivity index (χ1) is 15.0. The van der Waals surface area contributed by atoms with Gasteiger partial charge in [-0.25, -0.2) is 9.69 Å². The van der Waals surface area contributed by atoms with Crippen molar-refractivity contribution < 1.29 is 9.90 Å². The number of hydrogen-bond donors (Lipinski definition) is 1. The van der Waals surface area contributed by atoms with E-state index in [0.29, 0.717) is 17.3 Å². The minimum absolute atomic E-state index is 0.417. The van der Waals surface area contributed by atoms with Gasteiger partial charge in [-0.2, -0.15) is 0 Å². The highest BCUT2D eigenvalue weighted by Gasteiger charge is 2.23. The predicted molar refractivity (Wildman–Crippen MR) is 128 cm³/mol. The maximum Gasteiger partial charge on any atom is 0.416 e. The van der Waals surface area contributed by atoms with Crippen LogP contribution >= 0.6 is 0 Å². The summed E-state index contributed by atoms with van der Waals surface area (Å²) in [6.45, 7) is 6.27. The average molecular weight is 415 g/mol. The van der Waals surface area contributed by atoms with Crippen molar-refractivity contribution in [2.75, 3.05) is 22.9 Å². The van der Waals surface area contributed by atoms with Crippen LogP contribution in [-0.2, 0) is 12.8 Å². The molecule has 31 heavy (non-hydrogen) atoms. The molecular formula is C27H30N2O2. The van der Waals surface area contributed by atoms with Crippen LogP contribution in [0.2, 0.25) is 0 Å². The molecule has 0 spiro atoms. The van der Waals surface area contributed by atoms with Gasteiger partial charge in [0.25, 0.3) is 0 Å². The fraction of sp³-hybridized carbons (Fsp3) is 0.296. The van der Waals surface area contributed by atoms with E-state index in [9.17, 15) is 9.90 Å². The number of fused-ring (bicyclic) bond motifs is 1. The van der Waals surface area contributed by atoms with E-state index in [1.54, 1.807) is 0 Å². The van der Waals surface area contributed by atoms with Gasteiger partial charge in [-0.05, 0) is 72.2 Å². The summed E-state index contributed by atoms with van der Waals surface area (Å²) in [5, 5.41) is 9.90. The maximum absolute atomic E-state index is 12.1. The summed E-state index contributed by atoms with van der Waals surface area (Å²) in [5.74, 6) is 0.417. The summed E-state index contributed by atoms with van der Waals surface area (Å²) in [6.07, 6.45) is 2.17. The van der Waals surface area contributed by atoms with E-state index >= 15 is 0 Å². The second-order valence-electron chi connectivity index (χ2n) is 8.50. The molecule has 3 aromatic rings. The third kappa shape index (κ3) is 4.74. The number of aryl methyl sites for hydroxylation is 1. The molecule has 160 valence electrons. The lowest BCUT2D eigenvalue weighted by Gasteiger charge is -2.23. The van der Waals surface area contributed by atoms with Crippen LogP contribution in [0.3, 0.4) is 0 Å². The second kappa shape index (κ2) is 9.25. The largest absolute Gasteiger partial charge is 0.464 e. The Balaban J connectivity index is 1.48. The Morgan fingerprint density at radius 2 is 1.71 bits per heavy atom. The molecule has 0 saturated heterocycles. The molecule has 0 bridgehead atoms. The van der Waals surface area contributed by atoms with E-state index in [1.807, 2.05) is 36.4 Å². The highest BCUT2D eigenvalue weighted by Crippen LogP contribution is 2.35. The van der Waals surface area contributed by atoms with Crippen molar-refractivity contribution in [3.05, 3.63) is 89.5 Å². The Labute approximate surface area is 184 Å². The molecule has 1 amide bonds. The molecule has 1 N–H and O–H groups in total. The SMILES string of the molecule is CC(C)c1ccc(N(C(=O)O)c2ccc3c(c2)CCN3CCCc2ccccc2)cc1. The molecule has 0 aliphatic carbocycles. The van der Waals surface area contributed by atoms with E-state index in [4.69, 9.17) is 0 Å². The average Bonchev–Trinajstić information content (AvgIpc) is 3.17. The number of carboxylic acid groups (broad SMARTS) is 1. The normalized spacial score (nSPS) is 12.8. The highest BCUT2D eigenvalue weighted by atomic mass is 16.4. The first-order valence-corrected chi connectivity index (χ1v) is 11.1. The van der Waals surface area contributed by atoms with Gasteiger partial charge in [-0.3, -0.25) is 0 Å². The van der Waals surface area contributed by atoms with Crippen LogP contribution in [0.1, 0.15) is 42.9 Å². The molecule has 1 aliphatic heterocycles. The Bertz CT molecular complexity index is 1030. The molecule has 0 atom stereocenters. The van der Waals surface area contributed by atoms with Crippen LogP contribution < -0.4 is 9.80 Å². The van der Waals surface area contributed by atoms with Crippen molar-refractivity contribution in [2.45, 2.75) is 39.0 Å². The summed E-state index contributed by atoms with van der Waals surface area (Å²) in [5.41, 5.74) is 6.41. The van der Waals surface area contributed by atoms with Crippen LogP contribution in [0.5, 0.6) is 0 Å². The Morgan fingerprint density at radius 1 is 1.00 bits per heavy atom. The van der Waals surface area contributed by atoms with Crippen LogP contribution in [0, 0.1) is 0 Å². The summed E-state index contributed by atoms with van der Waals surface area (Å²) in [4.78, 5) is 15.9. The number of nitrogens with zero attached hydrogens (tertiary/aromatic N) is 2. The van der Waals surface area contributed by atoms with Gasteiger partial charge in [-0.15, -0.1) is 0 Å². The fourth-order valence-electron chi connectivity index (χ4n) is 4.32. The van der Waals surface area contributed by atoms with Gasteiger partial charge in [0.15, 0.2) is 0 Å². The molecule has 4 heteroatoms. The Hall–Kier alpha value is -3.27. The zero-order chi connectivity index (χ0) is 21.8. The standard InChI is InChI=1S/C27H30N2O2/c1-20(2)22-10-12-24(13-11-22)29(27(30)31)25-14-15-26-23(19-25)16-18-28(26)17-6-9-21-7-4-3-5-8-21/h3-5,7-8,10-15,19-20H,6,9,16-18H2,1-2H3,(H,30,31). The molecule has 0 fully saturated rings. The van der Waals surface area contributed by atoms with Gasteiger partial charge < -0.3 is 10.0 Å². The lowest BCUT2D eigenvalue weighted by Crippen LogP contribution is -2.24. The first-order valence-electron chi connectivity index (χ1n) is 11.1. The van der Waals surface area contributed by atoms with E-state index in [1.165, 1.54) is 27.3 Å². The van der Waals surface area contributed by atoms with Gasteiger partial charge in [-0.1, -0.05) is 56.3 Å². The molecule has 3 aromatic carbocycles. The van der Waals surface area contributed by atoms with Crippen LogP contribution in [0.4, 0.5) is 21.9 Å². The summed E-state index contributed by atoms with van der Waals surface area (Å²) in [7, 11) is 0. The quantitative estimate of drug-likeness (QED) is 0.472. The van der Waals surface area contributed by atoms with E-state index < -0.39 is 6.09 Å². The molecule has 4 nitrogen and oxygen atoms in total. The zero-order valence-corrected chi connectivity index (χ0v) is 18.3. The van der Waals surface area contributed by atoms with Gasteiger partial charge in [0, 0.05) is 18.8 Å². The van der Waals surface area contributed by atoms with Crippen LogP contribution in [0.25, 0.3) is 0 Å². The zero-order valence-electron chi connectivity index (χ0n) is 18.3. The number of carbonyl (C=O) groups is 1. The lowest BCUT2D eigenvalue weighted by molar-refractivity contribution is 0.205. The first kappa shape index (κ1) is 21.0. The number of hydrogen-bond acceptors (Lipinski definition) is 2. The van der Waals surface area contributed by atoms with Crippen molar-refractivity contribution in [3.8, 4) is 0 Å². The monoisotopic (exact) mass is 414 g/mol. The van der Waals surface area contributed by atoms with E-state index in [0.717, 1.165) is 32.4 Å². The summed E-state index contributed by atoms with van der Waals surface area (Å²) < 4.78 is 0. The van der Waals surface area contributed by atoms with E-state index in [-0.39, 0.29) is 0 Å². The number of benzene rings is 3. The minimum Gasteiger partial charge on any atom is -0.464 e. The van der Waals surface area contributed by atoms with Gasteiger partial charge in [0.05, 0.1) is 11.4 Å². The molecule has 1 heterocycles. The van der Waals surface area contributed by atoms with Crippen molar-refractivity contribution in [2.24, 2.45) is 0 Å². The maximum atomic E-state index is 12.1. The summed E-state index contributed by atoms with van der Waals surface area (Å²) in [6, 6.07) is 24.5. The molecule has 4 rings (SSSR count). The molecular weight excluding hydrogens is 384 g/mol. The topological polar surface area (TPSA) is 43.8 Å². The van der Waals surface area contributed by atoms with Crippen molar-refractivity contribution in [1.29, 1.82) is 0 Å². The Kier molecular flexibility index (Phi) is 6.26. The molecule has 0 radical (unpaired) electrons. The fourth-order valence-corrected chi connectivity index (χ4v) is 4.32. The smallest absolute Gasteiger partial charge is 0.416 e. The van der Waals surface area contributed by atoms with Gasteiger partial charge in [0.1, 0.15) is 0 Å². The minimum atomic E-state index is -0.963. The predicted octanol–water partition coefficient (Wildman–Crippen LogP) is 6.62. The van der Waals surface area contributed by atoms with E-state index in [2.05, 4.69) is 55.1 Å². The number of amides is 1. The third-order valence-corrected chi connectivity index (χ3v) is 6.06. The lowest BCUT2D eigenvalue weighted by atomic mass is 10.0. The Morgan fingerprint density at radius 3 is 2.39 bits per heavy atom. The highest BCUT2D eigenvalue weighted by molar-refractivity contribution is 5.95. The number of rotatable bonds is 7. The molecule has 0 aromatic heterocycles. The van der Waals surface area contributed by atoms with Crippen molar-refractivity contribution in [3.63, 3.8) is 0 Å². The summed E-state index contributed by atoms with van der Waals surface area (Å²) >= 11 is 0. The second-order valence-corrected chi connectivity index (χ2v) is 8.50. The molecule has 1 aliphatic rings.